The van der Waals surface area contributed by atoms with E-state index in [1.165, 1.54) is 0 Å². The second-order valence-corrected chi connectivity index (χ2v) is 6.15. The average Bonchev–Trinajstić information content (AvgIpc) is 2.93. The van der Waals surface area contributed by atoms with Crippen LogP contribution in [0.15, 0.2) is 12.5 Å². The summed E-state index contributed by atoms with van der Waals surface area (Å²) in [5.41, 5.74) is 6.95. The lowest BCUT2D eigenvalue weighted by atomic mass is 10.0. The molecule has 0 radical (unpaired) electrons. The van der Waals surface area contributed by atoms with Crippen molar-refractivity contribution in [2.75, 3.05) is 39.8 Å². The van der Waals surface area contributed by atoms with Gasteiger partial charge >= 0.3 is 0 Å². The van der Waals surface area contributed by atoms with Gasteiger partial charge in [0.2, 0.25) is 5.91 Å². The van der Waals surface area contributed by atoms with E-state index in [4.69, 9.17) is 5.73 Å². The highest BCUT2D eigenvalue weighted by Gasteiger charge is 2.26. The molecule has 0 spiro atoms. The topological polar surface area (TPSA) is 67.4 Å². The van der Waals surface area contributed by atoms with Crippen LogP contribution in [0.5, 0.6) is 0 Å². The Morgan fingerprint density at radius 3 is 2.57 bits per heavy atom. The van der Waals surface area contributed by atoms with Crippen LogP contribution in [0.4, 0.5) is 0 Å². The average molecular weight is 293 g/mol. The maximum absolute atomic E-state index is 12.6. The number of hydrogen-bond donors (Lipinski definition) is 1. The Hall–Kier alpha value is -1.40. The summed E-state index contributed by atoms with van der Waals surface area (Å²) in [4.78, 5) is 21.0. The quantitative estimate of drug-likeness (QED) is 0.851. The highest BCUT2D eigenvalue weighted by molar-refractivity contribution is 5.79. The Balaban J connectivity index is 2.02. The number of carbonyl (C=O) groups excluding carboxylic acids is 1. The largest absolute Gasteiger partial charge is 0.340 e. The molecule has 6 nitrogen and oxygen atoms in total. The number of nitrogens with zero attached hydrogens (tertiary/aromatic N) is 4. The predicted molar refractivity (Wildman–Crippen MR) is 82.9 cm³/mol. The van der Waals surface area contributed by atoms with Gasteiger partial charge in [0.1, 0.15) is 0 Å². The minimum Gasteiger partial charge on any atom is -0.340 e. The van der Waals surface area contributed by atoms with E-state index in [1.807, 2.05) is 17.4 Å². The molecule has 118 valence electrons. The number of rotatable bonds is 5. The van der Waals surface area contributed by atoms with E-state index in [-0.39, 0.29) is 11.8 Å². The van der Waals surface area contributed by atoms with Crippen molar-refractivity contribution in [1.82, 2.24) is 19.4 Å². The van der Waals surface area contributed by atoms with Gasteiger partial charge in [0, 0.05) is 57.1 Å². The summed E-state index contributed by atoms with van der Waals surface area (Å²) >= 11 is 0. The lowest BCUT2D eigenvalue weighted by Gasteiger charge is -2.34. The van der Waals surface area contributed by atoms with Crippen molar-refractivity contribution in [1.29, 1.82) is 0 Å². The Morgan fingerprint density at radius 2 is 2.00 bits per heavy atom. The van der Waals surface area contributed by atoms with Crippen LogP contribution in [0.1, 0.15) is 25.6 Å². The molecular weight excluding hydrogens is 266 g/mol. The van der Waals surface area contributed by atoms with E-state index in [0.29, 0.717) is 19.0 Å². The number of likely N-dealkylation sites (N-methyl/N-ethyl adjacent to an activating group) is 1. The van der Waals surface area contributed by atoms with Gasteiger partial charge in [-0.2, -0.15) is 0 Å². The Kier molecular flexibility index (Phi) is 5.36. The van der Waals surface area contributed by atoms with Crippen molar-refractivity contribution in [3.63, 3.8) is 0 Å². The Bertz CT molecular complexity index is 462. The van der Waals surface area contributed by atoms with E-state index in [9.17, 15) is 4.79 Å². The summed E-state index contributed by atoms with van der Waals surface area (Å²) in [6, 6.07) is 0.347. The molecule has 1 unspecified atom stereocenters. The molecule has 0 aromatic carbocycles. The number of hydrogen-bond acceptors (Lipinski definition) is 4. The monoisotopic (exact) mass is 293 g/mol. The Labute approximate surface area is 126 Å². The van der Waals surface area contributed by atoms with Crippen LogP contribution in [0.25, 0.3) is 0 Å². The number of amides is 1. The third kappa shape index (κ3) is 3.83. The molecule has 21 heavy (non-hydrogen) atoms. The SMILES string of the molecule is CC(C)n1cncc1CC(CN)C(=O)N1CCN(C)CC1. The van der Waals surface area contributed by atoms with Crippen LogP contribution in [-0.4, -0.2) is 65.0 Å². The molecule has 6 heteroatoms. The first-order chi connectivity index (χ1) is 10.0. The third-order valence-electron chi connectivity index (χ3n) is 4.21. The maximum atomic E-state index is 12.6. The summed E-state index contributed by atoms with van der Waals surface area (Å²) in [6.07, 6.45) is 4.34. The van der Waals surface area contributed by atoms with Crippen molar-refractivity contribution in [2.45, 2.75) is 26.3 Å². The third-order valence-corrected chi connectivity index (χ3v) is 4.21. The molecule has 1 aliphatic heterocycles. The van der Waals surface area contributed by atoms with E-state index < -0.39 is 0 Å². The zero-order chi connectivity index (χ0) is 15.4. The van der Waals surface area contributed by atoms with Gasteiger partial charge in [-0.3, -0.25) is 4.79 Å². The molecule has 1 fully saturated rings. The molecule has 1 atom stereocenters. The molecule has 1 saturated heterocycles. The minimum atomic E-state index is -0.150. The molecule has 0 aliphatic carbocycles. The molecule has 2 heterocycles. The highest BCUT2D eigenvalue weighted by atomic mass is 16.2. The first-order valence-electron chi connectivity index (χ1n) is 7.71. The van der Waals surface area contributed by atoms with Gasteiger partial charge in [0.25, 0.3) is 0 Å². The van der Waals surface area contributed by atoms with Gasteiger partial charge in [-0.25, -0.2) is 4.98 Å². The highest BCUT2D eigenvalue weighted by Crippen LogP contribution is 2.16. The lowest BCUT2D eigenvalue weighted by molar-refractivity contribution is -0.136. The second-order valence-electron chi connectivity index (χ2n) is 6.15. The van der Waals surface area contributed by atoms with E-state index in [0.717, 1.165) is 31.9 Å². The minimum absolute atomic E-state index is 0.150. The van der Waals surface area contributed by atoms with Crippen molar-refractivity contribution in [2.24, 2.45) is 11.7 Å². The molecule has 0 saturated carbocycles. The summed E-state index contributed by atoms with van der Waals surface area (Å²) in [6.45, 7) is 8.09. The molecule has 1 aromatic rings. The van der Waals surface area contributed by atoms with E-state index in [2.05, 4.69) is 35.3 Å². The molecule has 2 rings (SSSR count). The van der Waals surface area contributed by atoms with Gasteiger partial charge in [-0.05, 0) is 20.9 Å². The van der Waals surface area contributed by atoms with Gasteiger partial charge < -0.3 is 20.1 Å². The fraction of sp³-hybridized carbons (Fsp3) is 0.733. The van der Waals surface area contributed by atoms with Crippen molar-refractivity contribution >= 4 is 5.91 Å². The van der Waals surface area contributed by atoms with E-state index >= 15 is 0 Å². The molecule has 1 aliphatic rings. The summed E-state index contributed by atoms with van der Waals surface area (Å²) in [5, 5.41) is 0. The van der Waals surface area contributed by atoms with Gasteiger partial charge in [0.05, 0.1) is 12.2 Å². The molecule has 1 amide bonds. The standard InChI is InChI=1S/C15H27N5O/c1-12(2)20-11-17-10-14(20)8-13(9-16)15(21)19-6-4-18(3)5-7-19/h10-13H,4-9,16H2,1-3H3. The molecule has 2 N–H and O–H groups in total. The fourth-order valence-corrected chi connectivity index (χ4v) is 2.76. The number of nitrogens with two attached hydrogens (primary N) is 1. The normalized spacial score (nSPS) is 18.2. The van der Waals surface area contributed by atoms with E-state index in [1.54, 1.807) is 0 Å². The summed E-state index contributed by atoms with van der Waals surface area (Å²) < 4.78 is 2.11. The van der Waals surface area contributed by atoms with Gasteiger partial charge in [0.15, 0.2) is 0 Å². The Morgan fingerprint density at radius 1 is 1.33 bits per heavy atom. The van der Waals surface area contributed by atoms with Crippen molar-refractivity contribution in [3.8, 4) is 0 Å². The van der Waals surface area contributed by atoms with Crippen LogP contribution in [0.3, 0.4) is 0 Å². The van der Waals surface area contributed by atoms with Crippen LogP contribution >= 0.6 is 0 Å². The number of carbonyl (C=O) groups is 1. The summed E-state index contributed by atoms with van der Waals surface area (Å²) in [7, 11) is 2.09. The maximum Gasteiger partial charge on any atom is 0.227 e. The van der Waals surface area contributed by atoms with Crippen molar-refractivity contribution < 1.29 is 4.79 Å². The first kappa shape index (κ1) is 16.0. The van der Waals surface area contributed by atoms with Gasteiger partial charge in [-0.1, -0.05) is 0 Å². The van der Waals surface area contributed by atoms with Gasteiger partial charge in [-0.15, -0.1) is 0 Å². The number of imidazole rings is 1. The molecule has 1 aromatic heterocycles. The van der Waals surface area contributed by atoms with Crippen LogP contribution < -0.4 is 5.73 Å². The first-order valence-corrected chi connectivity index (χ1v) is 7.71. The lowest BCUT2D eigenvalue weighted by Crippen LogP contribution is -2.50. The summed E-state index contributed by atoms with van der Waals surface area (Å²) in [5.74, 6) is 0.0321. The number of aromatic nitrogens is 2. The number of piperazine rings is 1. The zero-order valence-electron chi connectivity index (χ0n) is 13.3. The van der Waals surface area contributed by atoms with Crippen LogP contribution in [-0.2, 0) is 11.2 Å². The van der Waals surface area contributed by atoms with Crippen LogP contribution in [0.2, 0.25) is 0 Å². The molecule has 0 bridgehead atoms. The fourth-order valence-electron chi connectivity index (χ4n) is 2.76. The predicted octanol–water partition coefficient (Wildman–Crippen LogP) is 0.355. The zero-order valence-corrected chi connectivity index (χ0v) is 13.3. The van der Waals surface area contributed by atoms with Crippen molar-refractivity contribution in [3.05, 3.63) is 18.2 Å². The van der Waals surface area contributed by atoms with Crippen LogP contribution in [0, 0.1) is 5.92 Å². The second kappa shape index (κ2) is 7.04. The smallest absolute Gasteiger partial charge is 0.227 e. The molecular formula is C15H27N5O.